The fourth-order valence-electron chi connectivity index (χ4n) is 0.987. The third-order valence-corrected chi connectivity index (χ3v) is 2.31. The summed E-state index contributed by atoms with van der Waals surface area (Å²) in [5.74, 6) is 3.61. The number of hydrogen-bond donors (Lipinski definition) is 1. The van der Waals surface area contributed by atoms with Gasteiger partial charge in [0.1, 0.15) is 11.6 Å². The van der Waals surface area contributed by atoms with Gasteiger partial charge in [0.25, 0.3) is 0 Å². The second-order valence-corrected chi connectivity index (χ2v) is 3.22. The summed E-state index contributed by atoms with van der Waals surface area (Å²) in [6.07, 6.45) is 1.61. The summed E-state index contributed by atoms with van der Waals surface area (Å²) in [6.45, 7) is 0.00248. The van der Waals surface area contributed by atoms with Gasteiger partial charge in [0.15, 0.2) is 0 Å². The van der Waals surface area contributed by atoms with E-state index in [1.807, 2.05) is 0 Å². The van der Waals surface area contributed by atoms with Gasteiger partial charge in [-0.1, -0.05) is 0 Å². The van der Waals surface area contributed by atoms with Gasteiger partial charge in [-0.2, -0.15) is 0 Å². The fraction of sp³-hybridized carbons (Fsp3) is 0.250. The maximum Gasteiger partial charge on any atom is 0.140 e. The van der Waals surface area contributed by atoms with E-state index in [2.05, 4.69) is 4.84 Å². The Morgan fingerprint density at radius 2 is 1.92 bits per heavy atom. The van der Waals surface area contributed by atoms with Crippen molar-refractivity contribution in [2.75, 3.05) is 6.26 Å². The highest BCUT2D eigenvalue weighted by molar-refractivity contribution is 7.98. The molecule has 0 unspecified atom stereocenters. The number of halogens is 2. The molecule has 0 aliphatic rings. The fourth-order valence-corrected chi connectivity index (χ4v) is 1.49. The molecule has 0 radical (unpaired) electrons. The number of nitrogens with two attached hydrogens (primary N) is 1. The first-order valence-corrected chi connectivity index (χ1v) is 4.75. The Morgan fingerprint density at radius 3 is 2.31 bits per heavy atom. The van der Waals surface area contributed by atoms with Crippen LogP contribution in [0.1, 0.15) is 5.56 Å². The molecular weight excluding hydrogens is 196 g/mol. The van der Waals surface area contributed by atoms with Gasteiger partial charge in [-0.25, -0.2) is 14.7 Å². The molecule has 0 amide bonds. The number of rotatable bonds is 3. The van der Waals surface area contributed by atoms with Crippen LogP contribution in [0, 0.1) is 11.6 Å². The second-order valence-electron chi connectivity index (χ2n) is 2.40. The Hall–Kier alpha value is -0.650. The van der Waals surface area contributed by atoms with E-state index in [4.69, 9.17) is 5.90 Å². The molecule has 0 bridgehead atoms. The van der Waals surface area contributed by atoms with E-state index in [-0.39, 0.29) is 11.5 Å². The molecule has 1 aromatic carbocycles. The van der Waals surface area contributed by atoms with E-state index in [9.17, 15) is 8.78 Å². The largest absolute Gasteiger partial charge is 0.300 e. The quantitative estimate of drug-likeness (QED) is 0.606. The Bertz CT molecular complexity index is 283. The lowest BCUT2D eigenvalue weighted by atomic mass is 10.2. The van der Waals surface area contributed by atoms with Gasteiger partial charge in [-0.3, -0.25) is 4.84 Å². The van der Waals surface area contributed by atoms with Crippen LogP contribution in [-0.4, -0.2) is 6.26 Å². The van der Waals surface area contributed by atoms with Crippen LogP contribution >= 0.6 is 11.8 Å². The third-order valence-electron chi connectivity index (χ3n) is 1.51. The van der Waals surface area contributed by atoms with Gasteiger partial charge < -0.3 is 0 Å². The molecule has 0 fully saturated rings. The first-order valence-electron chi connectivity index (χ1n) is 3.52. The molecule has 72 valence electrons. The normalized spacial score (nSPS) is 10.5. The van der Waals surface area contributed by atoms with Crippen LogP contribution in [0.15, 0.2) is 17.0 Å². The van der Waals surface area contributed by atoms with E-state index in [0.29, 0.717) is 5.56 Å². The molecule has 0 heterocycles. The van der Waals surface area contributed by atoms with Crippen LogP contribution in [0.2, 0.25) is 0 Å². The first kappa shape index (κ1) is 10.4. The maximum atomic E-state index is 13.1. The lowest BCUT2D eigenvalue weighted by Crippen LogP contribution is -2.00. The lowest BCUT2D eigenvalue weighted by Gasteiger charge is -2.04. The summed E-state index contributed by atoms with van der Waals surface area (Å²) < 4.78 is 26.2. The molecule has 0 aliphatic carbocycles. The molecule has 0 saturated carbocycles. The van der Waals surface area contributed by atoms with Crippen LogP contribution in [0.3, 0.4) is 0 Å². The second kappa shape index (κ2) is 4.55. The predicted molar refractivity (Wildman–Crippen MR) is 47.1 cm³/mol. The molecule has 0 spiro atoms. The van der Waals surface area contributed by atoms with Gasteiger partial charge in [0.05, 0.1) is 11.5 Å². The molecule has 1 rings (SSSR count). The van der Waals surface area contributed by atoms with Gasteiger partial charge in [0.2, 0.25) is 0 Å². The van der Waals surface area contributed by atoms with E-state index >= 15 is 0 Å². The van der Waals surface area contributed by atoms with E-state index in [0.717, 1.165) is 11.8 Å². The Balaban J connectivity index is 3.05. The van der Waals surface area contributed by atoms with Crippen LogP contribution in [0.25, 0.3) is 0 Å². The van der Waals surface area contributed by atoms with Crippen LogP contribution in [-0.2, 0) is 11.4 Å². The van der Waals surface area contributed by atoms with Crippen molar-refractivity contribution in [2.45, 2.75) is 11.5 Å². The molecular formula is C8H9F2NOS. The average molecular weight is 205 g/mol. The van der Waals surface area contributed by atoms with Crippen molar-refractivity contribution in [1.82, 2.24) is 0 Å². The van der Waals surface area contributed by atoms with Crippen molar-refractivity contribution in [3.63, 3.8) is 0 Å². The Labute approximate surface area is 79.0 Å². The van der Waals surface area contributed by atoms with Crippen molar-refractivity contribution >= 4 is 11.8 Å². The average Bonchev–Trinajstić information content (AvgIpc) is 2.04. The zero-order valence-corrected chi connectivity index (χ0v) is 7.83. The highest BCUT2D eigenvalue weighted by Gasteiger charge is 2.09. The summed E-state index contributed by atoms with van der Waals surface area (Å²) in [5, 5.41) is 0. The third kappa shape index (κ3) is 2.40. The van der Waals surface area contributed by atoms with Crippen molar-refractivity contribution in [3.05, 3.63) is 29.3 Å². The van der Waals surface area contributed by atoms with Crippen LogP contribution < -0.4 is 5.90 Å². The van der Waals surface area contributed by atoms with Gasteiger partial charge in [-0.15, -0.1) is 11.8 Å². The molecule has 13 heavy (non-hydrogen) atoms. The summed E-state index contributed by atoms with van der Waals surface area (Å²) in [4.78, 5) is 4.29. The minimum atomic E-state index is -0.584. The van der Waals surface area contributed by atoms with Gasteiger partial charge in [-0.05, 0) is 24.0 Å². The Kier molecular flexibility index (Phi) is 3.65. The van der Waals surface area contributed by atoms with E-state index < -0.39 is 11.6 Å². The van der Waals surface area contributed by atoms with E-state index in [1.54, 1.807) is 6.26 Å². The zero-order chi connectivity index (χ0) is 9.84. The molecule has 0 saturated heterocycles. The molecule has 0 aliphatic heterocycles. The van der Waals surface area contributed by atoms with Crippen molar-refractivity contribution in [1.29, 1.82) is 0 Å². The Morgan fingerprint density at radius 1 is 1.38 bits per heavy atom. The molecule has 2 nitrogen and oxygen atoms in total. The standard InChI is InChI=1S/C8H9F2NOS/c1-13-8-6(9)2-5(4-12-11)3-7(8)10/h2-3H,4,11H2,1H3. The topological polar surface area (TPSA) is 35.2 Å². The monoisotopic (exact) mass is 205 g/mol. The number of hydrogen-bond acceptors (Lipinski definition) is 3. The zero-order valence-electron chi connectivity index (χ0n) is 7.01. The summed E-state index contributed by atoms with van der Waals surface area (Å²) in [5.41, 5.74) is 0.385. The molecule has 2 N–H and O–H groups in total. The minimum absolute atomic E-state index is 0.00248. The van der Waals surface area contributed by atoms with Crippen molar-refractivity contribution < 1.29 is 13.6 Å². The summed E-state index contributed by atoms with van der Waals surface area (Å²) >= 11 is 1.03. The lowest BCUT2D eigenvalue weighted by molar-refractivity contribution is 0.123. The maximum absolute atomic E-state index is 13.1. The van der Waals surface area contributed by atoms with Gasteiger partial charge >= 0.3 is 0 Å². The van der Waals surface area contributed by atoms with Crippen molar-refractivity contribution in [2.24, 2.45) is 5.90 Å². The summed E-state index contributed by atoms with van der Waals surface area (Å²) in [6, 6.07) is 2.42. The smallest absolute Gasteiger partial charge is 0.140 e. The number of benzene rings is 1. The first-order chi connectivity index (χ1) is 6.19. The SMILES string of the molecule is CSc1c(F)cc(CON)cc1F. The number of thioether (sulfide) groups is 1. The highest BCUT2D eigenvalue weighted by Crippen LogP contribution is 2.24. The molecule has 0 aromatic heterocycles. The molecule has 5 heteroatoms. The van der Waals surface area contributed by atoms with Crippen LogP contribution in [0.5, 0.6) is 0 Å². The van der Waals surface area contributed by atoms with Crippen molar-refractivity contribution in [3.8, 4) is 0 Å². The molecule has 0 atom stereocenters. The highest BCUT2D eigenvalue weighted by atomic mass is 32.2. The predicted octanol–water partition coefficient (Wildman–Crippen LogP) is 2.08. The van der Waals surface area contributed by atoms with E-state index in [1.165, 1.54) is 12.1 Å². The minimum Gasteiger partial charge on any atom is -0.300 e. The molecule has 1 aromatic rings. The van der Waals surface area contributed by atoms with Gasteiger partial charge in [0, 0.05) is 0 Å². The van der Waals surface area contributed by atoms with Crippen LogP contribution in [0.4, 0.5) is 8.78 Å². The summed E-state index contributed by atoms with van der Waals surface area (Å²) in [7, 11) is 0.